The third-order valence-electron chi connectivity index (χ3n) is 3.72. The van der Waals surface area contributed by atoms with Gasteiger partial charge in [-0.05, 0) is 33.9 Å². The van der Waals surface area contributed by atoms with Gasteiger partial charge in [0.2, 0.25) is 0 Å². The molecule has 0 spiro atoms. The molecule has 0 fully saturated rings. The second-order valence-corrected chi connectivity index (χ2v) is 6.36. The van der Waals surface area contributed by atoms with Crippen LogP contribution in [0.2, 0.25) is 0 Å². The number of rotatable bonds is 6. The normalized spacial score (nSPS) is 12.5. The molecule has 2 N–H and O–H groups in total. The van der Waals surface area contributed by atoms with Crippen molar-refractivity contribution in [1.29, 1.82) is 0 Å². The number of halogens is 1. The molecule has 128 valence electrons. The fourth-order valence-electron chi connectivity index (χ4n) is 1.53. The molecule has 1 aromatic heterocycles. The molecule has 0 aliphatic carbocycles. The summed E-state index contributed by atoms with van der Waals surface area (Å²) in [5.41, 5.74) is 1.03. The summed E-state index contributed by atoms with van der Waals surface area (Å²) < 4.78 is 5.30. The number of guanidine groups is 1. The zero-order chi connectivity index (χ0) is 16.0. The van der Waals surface area contributed by atoms with E-state index in [-0.39, 0.29) is 29.5 Å². The zero-order valence-corrected chi connectivity index (χ0v) is 17.1. The zero-order valence-electron chi connectivity index (χ0n) is 14.7. The van der Waals surface area contributed by atoms with Crippen LogP contribution >= 0.6 is 24.0 Å². The highest BCUT2D eigenvalue weighted by atomic mass is 127. The molecule has 0 radical (unpaired) electrons. The Kier molecular flexibility index (Phi) is 8.99. The van der Waals surface area contributed by atoms with Crippen molar-refractivity contribution in [2.45, 2.75) is 45.7 Å². The Labute approximate surface area is 151 Å². The van der Waals surface area contributed by atoms with E-state index in [1.807, 2.05) is 6.07 Å². The molecule has 1 rings (SSSR count). The quantitative estimate of drug-likeness (QED) is 0.418. The number of nitrogens with zero attached hydrogens (tertiary/aromatic N) is 3. The van der Waals surface area contributed by atoms with Gasteiger partial charge in [-0.15, -0.1) is 24.0 Å². The van der Waals surface area contributed by atoms with Crippen molar-refractivity contribution < 1.29 is 4.52 Å². The summed E-state index contributed by atoms with van der Waals surface area (Å²) in [7, 11) is 5.90. The Morgan fingerprint density at radius 3 is 2.45 bits per heavy atom. The molecule has 0 bridgehead atoms. The van der Waals surface area contributed by atoms with Gasteiger partial charge in [0.25, 0.3) is 0 Å². The van der Waals surface area contributed by atoms with Crippen LogP contribution in [0.4, 0.5) is 0 Å². The molecule has 0 saturated carbocycles. The molecule has 7 heteroatoms. The van der Waals surface area contributed by atoms with Crippen molar-refractivity contribution >= 4 is 29.9 Å². The Hall–Kier alpha value is -0.830. The van der Waals surface area contributed by atoms with Crippen molar-refractivity contribution in [3.05, 3.63) is 17.5 Å². The second kappa shape index (κ2) is 9.34. The fourth-order valence-corrected chi connectivity index (χ4v) is 1.53. The summed E-state index contributed by atoms with van der Waals surface area (Å²) in [5, 5.41) is 10.6. The van der Waals surface area contributed by atoms with Gasteiger partial charge in [-0.1, -0.05) is 19.0 Å². The molecule has 0 saturated heterocycles. The van der Waals surface area contributed by atoms with Crippen molar-refractivity contribution in [2.75, 3.05) is 27.7 Å². The van der Waals surface area contributed by atoms with Crippen LogP contribution in [-0.4, -0.2) is 49.2 Å². The SMILES string of the molecule is CN=C(NCc1cc(C(C)C)no1)NCC(C)(C)N(C)C.I. The van der Waals surface area contributed by atoms with E-state index in [1.54, 1.807) is 7.05 Å². The molecule has 1 heterocycles. The number of likely N-dealkylation sites (N-methyl/N-ethyl adjacent to an activating group) is 1. The van der Waals surface area contributed by atoms with Crippen LogP contribution in [0.25, 0.3) is 0 Å². The lowest BCUT2D eigenvalue weighted by atomic mass is 10.0. The smallest absolute Gasteiger partial charge is 0.191 e. The lowest BCUT2D eigenvalue weighted by molar-refractivity contribution is 0.197. The van der Waals surface area contributed by atoms with Crippen molar-refractivity contribution in [3.8, 4) is 0 Å². The van der Waals surface area contributed by atoms with Crippen LogP contribution in [0.15, 0.2) is 15.6 Å². The van der Waals surface area contributed by atoms with Crippen LogP contribution in [-0.2, 0) is 6.54 Å². The first-order chi connectivity index (χ1) is 9.76. The van der Waals surface area contributed by atoms with Crippen LogP contribution in [0.1, 0.15) is 45.1 Å². The monoisotopic (exact) mass is 423 g/mol. The van der Waals surface area contributed by atoms with Gasteiger partial charge in [0.1, 0.15) is 0 Å². The molecule has 1 aromatic rings. The molecule has 0 aliphatic rings. The van der Waals surface area contributed by atoms with Gasteiger partial charge in [-0.2, -0.15) is 0 Å². The van der Waals surface area contributed by atoms with E-state index < -0.39 is 0 Å². The van der Waals surface area contributed by atoms with E-state index in [2.05, 4.69) is 67.5 Å². The van der Waals surface area contributed by atoms with E-state index in [1.165, 1.54) is 0 Å². The van der Waals surface area contributed by atoms with Gasteiger partial charge < -0.3 is 20.1 Å². The van der Waals surface area contributed by atoms with Gasteiger partial charge in [0, 0.05) is 25.2 Å². The van der Waals surface area contributed by atoms with Crippen LogP contribution in [0, 0.1) is 0 Å². The highest BCUT2D eigenvalue weighted by molar-refractivity contribution is 14.0. The van der Waals surface area contributed by atoms with Crippen LogP contribution in [0.5, 0.6) is 0 Å². The van der Waals surface area contributed by atoms with Gasteiger partial charge in [-0.3, -0.25) is 4.99 Å². The first-order valence-corrected chi connectivity index (χ1v) is 7.33. The molecular formula is C15H30IN5O. The Morgan fingerprint density at radius 2 is 2.00 bits per heavy atom. The third kappa shape index (κ3) is 6.51. The number of nitrogens with one attached hydrogen (secondary N) is 2. The minimum atomic E-state index is 0. The summed E-state index contributed by atoms with van der Waals surface area (Å²) in [6.07, 6.45) is 0. The standard InChI is InChI=1S/C15H29N5O.HI/c1-11(2)13-8-12(21-19-13)9-17-14(16-5)18-10-15(3,4)20(6)7;/h8,11H,9-10H2,1-7H3,(H2,16,17,18);1H. The molecule has 0 amide bonds. The lowest BCUT2D eigenvalue weighted by Crippen LogP contribution is -2.50. The lowest BCUT2D eigenvalue weighted by Gasteiger charge is -2.33. The number of hydrogen-bond donors (Lipinski definition) is 2. The minimum absolute atomic E-state index is 0. The molecule has 22 heavy (non-hydrogen) atoms. The molecule has 0 unspecified atom stereocenters. The largest absolute Gasteiger partial charge is 0.359 e. The van der Waals surface area contributed by atoms with E-state index in [9.17, 15) is 0 Å². The van der Waals surface area contributed by atoms with Gasteiger partial charge in [-0.25, -0.2) is 0 Å². The van der Waals surface area contributed by atoms with Crippen molar-refractivity contribution in [2.24, 2.45) is 4.99 Å². The summed E-state index contributed by atoms with van der Waals surface area (Å²) in [6.45, 7) is 9.92. The van der Waals surface area contributed by atoms with Gasteiger partial charge >= 0.3 is 0 Å². The third-order valence-corrected chi connectivity index (χ3v) is 3.72. The van der Waals surface area contributed by atoms with Crippen molar-refractivity contribution in [1.82, 2.24) is 20.7 Å². The van der Waals surface area contributed by atoms with Crippen LogP contribution in [0.3, 0.4) is 0 Å². The number of hydrogen-bond acceptors (Lipinski definition) is 4. The maximum atomic E-state index is 5.30. The Morgan fingerprint density at radius 1 is 1.36 bits per heavy atom. The molecular weight excluding hydrogens is 393 g/mol. The van der Waals surface area contributed by atoms with E-state index in [0.29, 0.717) is 12.5 Å². The maximum absolute atomic E-state index is 5.30. The van der Waals surface area contributed by atoms with Crippen molar-refractivity contribution in [3.63, 3.8) is 0 Å². The molecule has 0 atom stereocenters. The van der Waals surface area contributed by atoms with E-state index in [0.717, 1.165) is 24.0 Å². The maximum Gasteiger partial charge on any atom is 0.191 e. The summed E-state index contributed by atoms with van der Waals surface area (Å²) >= 11 is 0. The second-order valence-electron chi connectivity index (χ2n) is 6.36. The van der Waals surface area contributed by atoms with Gasteiger partial charge in [0.15, 0.2) is 11.7 Å². The highest BCUT2D eigenvalue weighted by Crippen LogP contribution is 2.13. The predicted molar refractivity (Wildman–Crippen MR) is 102 cm³/mol. The molecule has 6 nitrogen and oxygen atoms in total. The molecule has 0 aliphatic heterocycles. The first kappa shape index (κ1) is 21.2. The van der Waals surface area contributed by atoms with Gasteiger partial charge in [0.05, 0.1) is 12.2 Å². The Balaban J connectivity index is 0.00000441. The topological polar surface area (TPSA) is 65.7 Å². The number of aromatic nitrogens is 1. The minimum Gasteiger partial charge on any atom is -0.359 e. The molecule has 0 aromatic carbocycles. The average Bonchev–Trinajstić information content (AvgIpc) is 2.87. The van der Waals surface area contributed by atoms with Crippen LogP contribution < -0.4 is 10.6 Å². The average molecular weight is 423 g/mol. The summed E-state index contributed by atoms with van der Waals surface area (Å²) in [6, 6.07) is 1.98. The summed E-state index contributed by atoms with van der Waals surface area (Å²) in [5.74, 6) is 1.95. The fraction of sp³-hybridized carbons (Fsp3) is 0.733. The van der Waals surface area contributed by atoms with E-state index in [4.69, 9.17) is 4.52 Å². The Bertz CT molecular complexity index is 468. The summed E-state index contributed by atoms with van der Waals surface area (Å²) in [4.78, 5) is 6.40. The number of aliphatic imine (C=N–C) groups is 1. The predicted octanol–water partition coefficient (Wildman–Crippen LogP) is 2.42. The highest BCUT2D eigenvalue weighted by Gasteiger charge is 2.20. The van der Waals surface area contributed by atoms with E-state index >= 15 is 0 Å². The first-order valence-electron chi connectivity index (χ1n) is 7.33.